The molecule has 3 aromatic carbocycles. The molecule has 6 nitrogen and oxygen atoms in total. The van der Waals surface area contributed by atoms with E-state index in [2.05, 4.69) is 5.32 Å². The molecule has 3 rings (SSSR count). The summed E-state index contributed by atoms with van der Waals surface area (Å²) in [6.07, 6.45) is 0.482. The van der Waals surface area contributed by atoms with E-state index in [-0.39, 0.29) is 25.4 Å². The highest BCUT2D eigenvalue weighted by molar-refractivity contribution is 5.96. The van der Waals surface area contributed by atoms with Crippen LogP contribution < -0.4 is 10.1 Å². The van der Waals surface area contributed by atoms with Gasteiger partial charge in [-0.1, -0.05) is 60.7 Å². The molecule has 3 aromatic rings. The van der Waals surface area contributed by atoms with Gasteiger partial charge in [-0.3, -0.25) is 9.59 Å². The van der Waals surface area contributed by atoms with E-state index in [0.29, 0.717) is 17.5 Å². The van der Waals surface area contributed by atoms with E-state index < -0.39 is 17.6 Å². The quantitative estimate of drug-likeness (QED) is 0.377. The lowest BCUT2D eigenvalue weighted by Gasteiger charge is -2.27. The molecule has 0 radical (unpaired) electrons. The van der Waals surface area contributed by atoms with Crippen LogP contribution in [0.25, 0.3) is 0 Å². The normalized spacial score (nSPS) is 12.1. The minimum absolute atomic E-state index is 0.0775. The monoisotopic (exact) mass is 461 g/mol. The SMILES string of the molecule is CC(C)(O)CC(NC(=O)c1cc(COc2ccccc2)ccc1CCC(=O)O)c1ccccc1. The summed E-state index contributed by atoms with van der Waals surface area (Å²) in [6.45, 7) is 3.68. The molecule has 0 fully saturated rings. The van der Waals surface area contributed by atoms with Gasteiger partial charge in [-0.25, -0.2) is 0 Å². The van der Waals surface area contributed by atoms with Crippen molar-refractivity contribution in [2.24, 2.45) is 0 Å². The summed E-state index contributed by atoms with van der Waals surface area (Å²) in [4.78, 5) is 24.6. The van der Waals surface area contributed by atoms with Gasteiger partial charge < -0.3 is 20.3 Å². The van der Waals surface area contributed by atoms with Gasteiger partial charge >= 0.3 is 5.97 Å². The van der Waals surface area contributed by atoms with Crippen molar-refractivity contribution in [3.8, 4) is 5.75 Å². The second-order valence-corrected chi connectivity index (χ2v) is 8.94. The average molecular weight is 462 g/mol. The number of rotatable bonds is 11. The van der Waals surface area contributed by atoms with Crippen molar-refractivity contribution >= 4 is 11.9 Å². The second kappa shape index (κ2) is 11.5. The Morgan fingerprint density at radius 2 is 1.62 bits per heavy atom. The molecule has 0 saturated carbocycles. The Labute approximate surface area is 200 Å². The lowest BCUT2D eigenvalue weighted by Crippen LogP contribution is -2.34. The Bertz CT molecular complexity index is 1090. The summed E-state index contributed by atoms with van der Waals surface area (Å²) in [5, 5.41) is 22.6. The molecule has 0 aromatic heterocycles. The zero-order chi connectivity index (χ0) is 24.6. The van der Waals surface area contributed by atoms with E-state index in [9.17, 15) is 14.7 Å². The number of nitrogens with one attached hydrogen (secondary N) is 1. The maximum absolute atomic E-state index is 13.4. The van der Waals surface area contributed by atoms with Crippen molar-refractivity contribution in [3.63, 3.8) is 0 Å². The fraction of sp³-hybridized carbons (Fsp3) is 0.286. The molecular formula is C28H31NO5. The Morgan fingerprint density at radius 3 is 2.24 bits per heavy atom. The minimum atomic E-state index is -0.995. The smallest absolute Gasteiger partial charge is 0.303 e. The van der Waals surface area contributed by atoms with Crippen LogP contribution >= 0.6 is 0 Å². The van der Waals surface area contributed by atoms with Gasteiger partial charge in [0.2, 0.25) is 0 Å². The summed E-state index contributed by atoms with van der Waals surface area (Å²) in [6, 6.07) is 23.9. The summed E-state index contributed by atoms with van der Waals surface area (Å²) in [5.74, 6) is -0.523. The first-order valence-corrected chi connectivity index (χ1v) is 11.3. The highest BCUT2D eigenvalue weighted by Gasteiger charge is 2.25. The van der Waals surface area contributed by atoms with Crippen LogP contribution in [0.1, 0.15) is 59.8 Å². The molecule has 6 heteroatoms. The summed E-state index contributed by atoms with van der Waals surface area (Å²) in [5.41, 5.74) is 1.75. The van der Waals surface area contributed by atoms with Crippen molar-refractivity contribution in [2.75, 3.05) is 0 Å². The molecule has 1 amide bonds. The maximum Gasteiger partial charge on any atom is 0.303 e. The van der Waals surface area contributed by atoms with Crippen LogP contribution in [-0.2, 0) is 17.8 Å². The van der Waals surface area contributed by atoms with E-state index in [1.807, 2.05) is 66.7 Å². The highest BCUT2D eigenvalue weighted by Crippen LogP contribution is 2.25. The number of hydrogen-bond acceptors (Lipinski definition) is 4. The van der Waals surface area contributed by atoms with Crippen molar-refractivity contribution in [1.29, 1.82) is 0 Å². The molecule has 0 bridgehead atoms. The van der Waals surface area contributed by atoms with E-state index in [1.165, 1.54) is 0 Å². The largest absolute Gasteiger partial charge is 0.489 e. The number of para-hydroxylation sites is 1. The van der Waals surface area contributed by atoms with Crippen LogP contribution in [0.5, 0.6) is 5.75 Å². The number of carboxylic acids is 1. The van der Waals surface area contributed by atoms with E-state index in [4.69, 9.17) is 9.84 Å². The number of benzene rings is 3. The molecule has 0 aliphatic rings. The Kier molecular flexibility index (Phi) is 8.44. The predicted molar refractivity (Wildman–Crippen MR) is 131 cm³/mol. The number of hydrogen-bond donors (Lipinski definition) is 3. The van der Waals surface area contributed by atoms with Crippen LogP contribution in [0, 0.1) is 0 Å². The fourth-order valence-electron chi connectivity index (χ4n) is 3.74. The minimum Gasteiger partial charge on any atom is -0.489 e. The topological polar surface area (TPSA) is 95.9 Å². The van der Waals surface area contributed by atoms with Gasteiger partial charge in [-0.2, -0.15) is 0 Å². The lowest BCUT2D eigenvalue weighted by atomic mass is 9.93. The van der Waals surface area contributed by atoms with Gasteiger partial charge in [0.25, 0.3) is 5.91 Å². The van der Waals surface area contributed by atoms with Crippen molar-refractivity contribution in [2.45, 2.75) is 51.4 Å². The first-order valence-electron chi connectivity index (χ1n) is 11.3. The predicted octanol–water partition coefficient (Wildman–Crippen LogP) is 4.91. The van der Waals surface area contributed by atoms with Gasteiger partial charge in [0, 0.05) is 12.0 Å². The van der Waals surface area contributed by atoms with Crippen molar-refractivity contribution < 1.29 is 24.5 Å². The zero-order valence-electron chi connectivity index (χ0n) is 19.5. The molecule has 0 saturated heterocycles. The number of aliphatic hydroxyl groups is 1. The molecule has 3 N–H and O–H groups in total. The Hall–Kier alpha value is -3.64. The van der Waals surface area contributed by atoms with E-state index >= 15 is 0 Å². The molecule has 0 aliphatic carbocycles. The first-order chi connectivity index (χ1) is 16.2. The van der Waals surface area contributed by atoms with Gasteiger partial charge in [-0.15, -0.1) is 0 Å². The van der Waals surface area contributed by atoms with Crippen LogP contribution in [0.3, 0.4) is 0 Å². The molecule has 0 aliphatic heterocycles. The number of carboxylic acid groups (broad SMARTS) is 1. The average Bonchev–Trinajstić information content (AvgIpc) is 2.81. The number of aliphatic carboxylic acids is 1. The number of carbonyl (C=O) groups is 2. The molecule has 1 atom stereocenters. The number of ether oxygens (including phenoxy) is 1. The highest BCUT2D eigenvalue weighted by atomic mass is 16.5. The number of aryl methyl sites for hydroxylation is 1. The fourth-order valence-corrected chi connectivity index (χ4v) is 3.74. The van der Waals surface area contributed by atoms with E-state index in [1.54, 1.807) is 26.0 Å². The van der Waals surface area contributed by atoms with Crippen molar-refractivity contribution in [3.05, 3.63) is 101 Å². The van der Waals surface area contributed by atoms with Gasteiger partial charge in [0.1, 0.15) is 12.4 Å². The summed E-state index contributed by atoms with van der Waals surface area (Å²) < 4.78 is 5.82. The third-order valence-electron chi connectivity index (χ3n) is 5.39. The van der Waals surface area contributed by atoms with Crippen LogP contribution in [-0.4, -0.2) is 27.7 Å². The van der Waals surface area contributed by atoms with Crippen LogP contribution in [0.15, 0.2) is 78.9 Å². The molecule has 178 valence electrons. The number of amides is 1. The standard InChI is InChI=1S/C28H31NO5/c1-28(2,33)18-25(22-9-5-3-6-10-22)29-27(32)24-17-20(13-14-21(24)15-16-26(30)31)19-34-23-11-7-4-8-12-23/h3-14,17,25,33H,15-16,18-19H2,1-2H3,(H,29,32)(H,30,31). The van der Waals surface area contributed by atoms with Gasteiger partial charge in [-0.05, 0) is 61.6 Å². The van der Waals surface area contributed by atoms with Crippen LogP contribution in [0.2, 0.25) is 0 Å². The molecule has 0 heterocycles. The van der Waals surface area contributed by atoms with E-state index in [0.717, 1.165) is 16.9 Å². The molecule has 34 heavy (non-hydrogen) atoms. The number of carbonyl (C=O) groups excluding carboxylic acids is 1. The third kappa shape index (κ3) is 7.74. The lowest BCUT2D eigenvalue weighted by molar-refractivity contribution is -0.136. The molecule has 0 spiro atoms. The zero-order valence-corrected chi connectivity index (χ0v) is 19.5. The second-order valence-electron chi connectivity index (χ2n) is 8.94. The van der Waals surface area contributed by atoms with Crippen molar-refractivity contribution in [1.82, 2.24) is 5.32 Å². The van der Waals surface area contributed by atoms with Gasteiger partial charge in [0.05, 0.1) is 11.6 Å². The summed E-state index contributed by atoms with van der Waals surface area (Å²) >= 11 is 0. The molecular weight excluding hydrogens is 430 g/mol. The summed E-state index contributed by atoms with van der Waals surface area (Å²) in [7, 11) is 0. The molecule has 1 unspecified atom stereocenters. The first kappa shape index (κ1) is 25.0. The third-order valence-corrected chi connectivity index (χ3v) is 5.39. The van der Waals surface area contributed by atoms with Crippen LogP contribution in [0.4, 0.5) is 0 Å². The Morgan fingerprint density at radius 1 is 0.971 bits per heavy atom. The van der Waals surface area contributed by atoms with Gasteiger partial charge in [0.15, 0.2) is 0 Å². The Balaban J connectivity index is 1.86. The maximum atomic E-state index is 13.4.